The van der Waals surface area contributed by atoms with Crippen LogP contribution >= 0.6 is 0 Å². The molecule has 0 spiro atoms. The molecule has 7 heteroatoms. The lowest BCUT2D eigenvalue weighted by Gasteiger charge is -2.07. The fourth-order valence-corrected chi connectivity index (χ4v) is 2.07. The minimum absolute atomic E-state index is 0.0502. The minimum atomic E-state index is -3.20. The van der Waals surface area contributed by atoms with E-state index in [1.165, 1.54) is 0 Å². The summed E-state index contributed by atoms with van der Waals surface area (Å²) < 4.78 is 25.1. The van der Waals surface area contributed by atoms with Gasteiger partial charge in [0.2, 0.25) is 10.0 Å². The van der Waals surface area contributed by atoms with Gasteiger partial charge >= 0.3 is 0 Å². The number of benzene rings is 1. The highest BCUT2D eigenvalue weighted by Crippen LogP contribution is 2.05. The molecule has 1 aromatic carbocycles. The molecule has 0 saturated heterocycles. The summed E-state index contributed by atoms with van der Waals surface area (Å²) in [5.74, 6) is -0.103. The van der Waals surface area contributed by atoms with Crippen molar-refractivity contribution in [3.63, 3.8) is 0 Å². The summed E-state index contributed by atoms with van der Waals surface area (Å²) in [5.41, 5.74) is 6.70. The molecule has 0 heterocycles. The predicted octanol–water partition coefficient (Wildman–Crippen LogP) is 0.205. The van der Waals surface area contributed by atoms with Crippen molar-refractivity contribution in [3.8, 4) is 0 Å². The minimum Gasteiger partial charge on any atom is -0.352 e. The summed E-state index contributed by atoms with van der Waals surface area (Å²) in [6, 6.07) is 6.81. The van der Waals surface area contributed by atoms with Gasteiger partial charge < -0.3 is 11.1 Å². The van der Waals surface area contributed by atoms with Gasteiger partial charge in [0.15, 0.2) is 0 Å². The van der Waals surface area contributed by atoms with Crippen molar-refractivity contribution >= 4 is 15.9 Å². The fraction of sp³-hybridized carbons (Fsp3) is 0.462. The third-order valence-electron chi connectivity index (χ3n) is 2.76. The Morgan fingerprint density at radius 2 is 1.90 bits per heavy atom. The normalized spacial score (nSPS) is 11.3. The number of sulfonamides is 1. The number of carbonyl (C=O) groups excluding carboxylic acids is 1. The first kappa shape index (κ1) is 16.6. The number of nitrogens with one attached hydrogen (secondary N) is 2. The summed E-state index contributed by atoms with van der Waals surface area (Å²) >= 11 is 0. The number of hydrogen-bond donors (Lipinski definition) is 3. The number of hydrogen-bond acceptors (Lipinski definition) is 4. The number of amides is 1. The average molecular weight is 299 g/mol. The van der Waals surface area contributed by atoms with Crippen LogP contribution in [0.3, 0.4) is 0 Å². The average Bonchev–Trinajstić information content (AvgIpc) is 2.46. The molecule has 1 rings (SSSR count). The van der Waals surface area contributed by atoms with Crippen LogP contribution in [0.1, 0.15) is 29.3 Å². The van der Waals surface area contributed by atoms with Crippen molar-refractivity contribution in [1.82, 2.24) is 10.0 Å². The van der Waals surface area contributed by atoms with Crippen LogP contribution in [-0.2, 0) is 16.6 Å². The zero-order valence-electron chi connectivity index (χ0n) is 11.6. The number of nitrogens with two attached hydrogens (primary N) is 1. The maximum absolute atomic E-state index is 11.7. The first-order valence-electron chi connectivity index (χ1n) is 6.53. The van der Waals surface area contributed by atoms with Crippen molar-refractivity contribution in [2.24, 2.45) is 5.73 Å². The Kier molecular flexibility index (Phi) is 6.63. The second-order valence-electron chi connectivity index (χ2n) is 4.32. The van der Waals surface area contributed by atoms with Gasteiger partial charge in [-0.15, -0.1) is 0 Å². The van der Waals surface area contributed by atoms with Gasteiger partial charge in [0.1, 0.15) is 0 Å². The number of carbonyl (C=O) groups is 1. The Hall–Kier alpha value is -1.44. The van der Waals surface area contributed by atoms with E-state index >= 15 is 0 Å². The van der Waals surface area contributed by atoms with Crippen molar-refractivity contribution in [1.29, 1.82) is 0 Å². The first-order chi connectivity index (χ1) is 9.48. The summed E-state index contributed by atoms with van der Waals surface area (Å²) in [5, 5.41) is 2.75. The molecular weight excluding hydrogens is 278 g/mol. The first-order valence-corrected chi connectivity index (χ1v) is 8.18. The Morgan fingerprint density at radius 1 is 1.25 bits per heavy atom. The Morgan fingerprint density at radius 3 is 2.45 bits per heavy atom. The highest BCUT2D eigenvalue weighted by molar-refractivity contribution is 7.89. The van der Waals surface area contributed by atoms with Crippen molar-refractivity contribution in [2.45, 2.75) is 19.9 Å². The molecule has 20 heavy (non-hydrogen) atoms. The van der Waals surface area contributed by atoms with Gasteiger partial charge in [0.25, 0.3) is 5.91 Å². The highest BCUT2D eigenvalue weighted by atomic mass is 32.2. The second-order valence-corrected chi connectivity index (χ2v) is 6.42. The predicted molar refractivity (Wildman–Crippen MR) is 78.7 cm³/mol. The molecule has 0 unspecified atom stereocenters. The van der Waals surface area contributed by atoms with Gasteiger partial charge in [-0.1, -0.05) is 12.1 Å². The lowest BCUT2D eigenvalue weighted by molar-refractivity contribution is 0.0953. The molecule has 0 fully saturated rings. The molecule has 0 atom stereocenters. The van der Waals surface area contributed by atoms with Crippen LogP contribution in [0.4, 0.5) is 0 Å². The van der Waals surface area contributed by atoms with Crippen molar-refractivity contribution < 1.29 is 13.2 Å². The molecule has 1 aromatic rings. The lowest BCUT2D eigenvalue weighted by Crippen LogP contribution is -2.26. The Balaban J connectivity index is 2.54. The van der Waals surface area contributed by atoms with Crippen molar-refractivity contribution in [3.05, 3.63) is 35.4 Å². The molecule has 0 aliphatic carbocycles. The second kappa shape index (κ2) is 7.98. The van der Waals surface area contributed by atoms with E-state index in [9.17, 15) is 13.2 Å². The van der Waals surface area contributed by atoms with E-state index in [4.69, 9.17) is 5.73 Å². The zero-order valence-corrected chi connectivity index (χ0v) is 12.4. The van der Waals surface area contributed by atoms with Gasteiger partial charge in [-0.25, -0.2) is 13.1 Å². The third kappa shape index (κ3) is 5.68. The van der Waals surface area contributed by atoms with Crippen molar-refractivity contribution in [2.75, 3.05) is 18.8 Å². The standard InChI is InChI=1S/C13H21N3O3S/c1-2-20(18,19)16-10-11-4-6-12(7-5-11)13(17)15-9-3-8-14/h4-7,16H,2-3,8-10,14H2,1H3,(H,15,17). The molecule has 0 aliphatic heterocycles. The summed E-state index contributed by atoms with van der Waals surface area (Å²) in [4.78, 5) is 11.7. The number of rotatable bonds is 8. The molecule has 4 N–H and O–H groups in total. The van der Waals surface area contributed by atoms with Gasteiger partial charge in [-0.05, 0) is 37.6 Å². The van der Waals surface area contributed by atoms with Crippen LogP contribution in [0, 0.1) is 0 Å². The molecular formula is C13H21N3O3S. The molecule has 0 aromatic heterocycles. The summed E-state index contributed by atoms with van der Waals surface area (Å²) in [6.45, 7) is 2.90. The highest BCUT2D eigenvalue weighted by Gasteiger charge is 2.07. The van der Waals surface area contributed by atoms with E-state index in [1.807, 2.05) is 0 Å². The summed E-state index contributed by atoms with van der Waals surface area (Å²) in [7, 11) is -3.20. The Bertz CT molecular complexity index is 526. The van der Waals surface area contributed by atoms with Crippen LogP contribution < -0.4 is 15.8 Å². The van der Waals surface area contributed by atoms with E-state index in [0.717, 1.165) is 12.0 Å². The molecule has 0 radical (unpaired) electrons. The topological polar surface area (TPSA) is 101 Å². The molecule has 112 valence electrons. The molecule has 0 aliphatic rings. The third-order valence-corrected chi connectivity index (χ3v) is 4.10. The van der Waals surface area contributed by atoms with Gasteiger partial charge in [-0.3, -0.25) is 4.79 Å². The van der Waals surface area contributed by atoms with Crippen LogP contribution in [0.2, 0.25) is 0 Å². The maximum atomic E-state index is 11.7. The molecule has 0 saturated carbocycles. The van der Waals surface area contributed by atoms with Gasteiger partial charge in [0, 0.05) is 18.7 Å². The van der Waals surface area contributed by atoms with E-state index in [2.05, 4.69) is 10.0 Å². The Labute approximate surface area is 119 Å². The van der Waals surface area contributed by atoms with Crippen LogP contribution in [0.15, 0.2) is 24.3 Å². The smallest absolute Gasteiger partial charge is 0.251 e. The molecule has 6 nitrogen and oxygen atoms in total. The van der Waals surface area contributed by atoms with Gasteiger partial charge in [-0.2, -0.15) is 0 Å². The van der Waals surface area contributed by atoms with Crippen LogP contribution in [0.25, 0.3) is 0 Å². The van der Waals surface area contributed by atoms with Crippen LogP contribution in [0.5, 0.6) is 0 Å². The maximum Gasteiger partial charge on any atom is 0.251 e. The monoisotopic (exact) mass is 299 g/mol. The van der Waals surface area contributed by atoms with E-state index in [0.29, 0.717) is 18.7 Å². The lowest BCUT2D eigenvalue weighted by atomic mass is 10.1. The van der Waals surface area contributed by atoms with Crippen LogP contribution in [-0.4, -0.2) is 33.2 Å². The summed E-state index contributed by atoms with van der Waals surface area (Å²) in [6.07, 6.45) is 0.739. The quantitative estimate of drug-likeness (QED) is 0.597. The van der Waals surface area contributed by atoms with E-state index in [-0.39, 0.29) is 18.2 Å². The fourth-order valence-electron chi connectivity index (χ4n) is 1.48. The SMILES string of the molecule is CCS(=O)(=O)NCc1ccc(C(=O)NCCCN)cc1. The van der Waals surface area contributed by atoms with Gasteiger partial charge in [0.05, 0.1) is 5.75 Å². The largest absolute Gasteiger partial charge is 0.352 e. The van der Waals surface area contributed by atoms with E-state index < -0.39 is 10.0 Å². The zero-order chi connectivity index (χ0) is 15.0. The van der Waals surface area contributed by atoms with E-state index in [1.54, 1.807) is 31.2 Å². The molecule has 0 bridgehead atoms. The molecule has 1 amide bonds.